The van der Waals surface area contributed by atoms with E-state index in [9.17, 15) is 0 Å². The Bertz CT molecular complexity index is 317. The molecule has 0 saturated carbocycles. The monoisotopic (exact) mass is 217 g/mol. The van der Waals surface area contributed by atoms with Crippen LogP contribution < -0.4 is 5.32 Å². The zero-order valence-electron chi connectivity index (χ0n) is 10.5. The third-order valence-electron chi connectivity index (χ3n) is 2.78. The predicted molar refractivity (Wildman–Crippen MR) is 71.8 cm³/mol. The molecule has 1 aromatic carbocycles. The highest BCUT2D eigenvalue weighted by molar-refractivity contribution is 5.23. The van der Waals surface area contributed by atoms with Gasteiger partial charge >= 0.3 is 0 Å². The molecule has 0 aliphatic rings. The van der Waals surface area contributed by atoms with Crippen LogP contribution in [0.1, 0.15) is 30.9 Å². The lowest BCUT2D eigenvalue weighted by molar-refractivity contribution is 0.495. The third-order valence-corrected chi connectivity index (χ3v) is 2.78. The first-order valence-corrected chi connectivity index (χ1v) is 6.16. The van der Waals surface area contributed by atoms with Crippen molar-refractivity contribution >= 4 is 0 Å². The standard InChI is InChI=1S/C15H23N/c1-4-6-10-15(16-5-2)12-14-9-7-8-13(3)11-14/h4,7-9,11,15-16H,1,5-6,10,12H2,2-3H3. The lowest BCUT2D eigenvalue weighted by Gasteiger charge is -2.17. The zero-order chi connectivity index (χ0) is 11.8. The first-order chi connectivity index (χ1) is 7.76. The summed E-state index contributed by atoms with van der Waals surface area (Å²) in [6.07, 6.45) is 5.37. The molecule has 0 aliphatic heterocycles. The van der Waals surface area contributed by atoms with Gasteiger partial charge in [-0.2, -0.15) is 0 Å². The first-order valence-electron chi connectivity index (χ1n) is 6.16. The van der Waals surface area contributed by atoms with Crippen LogP contribution in [0, 0.1) is 6.92 Å². The predicted octanol–water partition coefficient (Wildman–Crippen LogP) is 3.48. The molecule has 1 nitrogen and oxygen atoms in total. The summed E-state index contributed by atoms with van der Waals surface area (Å²) in [6, 6.07) is 9.35. The molecule has 1 unspecified atom stereocenters. The van der Waals surface area contributed by atoms with Crippen molar-refractivity contribution in [2.75, 3.05) is 6.54 Å². The number of benzene rings is 1. The molecule has 0 bridgehead atoms. The van der Waals surface area contributed by atoms with Gasteiger partial charge in [0.15, 0.2) is 0 Å². The smallest absolute Gasteiger partial charge is 0.0110 e. The molecule has 1 aromatic rings. The molecule has 0 spiro atoms. The number of nitrogens with one attached hydrogen (secondary N) is 1. The van der Waals surface area contributed by atoms with Gasteiger partial charge < -0.3 is 5.32 Å². The molecule has 0 radical (unpaired) electrons. The van der Waals surface area contributed by atoms with Crippen molar-refractivity contribution in [2.45, 2.75) is 39.2 Å². The van der Waals surface area contributed by atoms with Crippen molar-refractivity contribution in [1.82, 2.24) is 5.32 Å². The Morgan fingerprint density at radius 2 is 2.25 bits per heavy atom. The molecule has 88 valence electrons. The Morgan fingerprint density at radius 1 is 1.44 bits per heavy atom. The molecule has 0 fully saturated rings. The summed E-state index contributed by atoms with van der Waals surface area (Å²) in [4.78, 5) is 0. The van der Waals surface area contributed by atoms with Crippen LogP contribution in [0.15, 0.2) is 36.9 Å². The van der Waals surface area contributed by atoms with Gasteiger partial charge in [-0.3, -0.25) is 0 Å². The minimum absolute atomic E-state index is 0.574. The fourth-order valence-electron chi connectivity index (χ4n) is 2.01. The molecule has 1 heteroatoms. The van der Waals surface area contributed by atoms with Gasteiger partial charge in [0.25, 0.3) is 0 Å². The Kier molecular flexibility index (Phi) is 5.87. The van der Waals surface area contributed by atoms with E-state index in [1.807, 2.05) is 6.08 Å². The molecular formula is C15H23N. The highest BCUT2D eigenvalue weighted by atomic mass is 14.9. The van der Waals surface area contributed by atoms with Crippen molar-refractivity contribution in [3.05, 3.63) is 48.0 Å². The van der Waals surface area contributed by atoms with Gasteiger partial charge in [0.2, 0.25) is 0 Å². The van der Waals surface area contributed by atoms with E-state index in [-0.39, 0.29) is 0 Å². The molecule has 0 heterocycles. The maximum atomic E-state index is 3.79. The average molecular weight is 217 g/mol. The summed E-state index contributed by atoms with van der Waals surface area (Å²) in [5.74, 6) is 0. The van der Waals surface area contributed by atoms with Crippen LogP contribution in [-0.4, -0.2) is 12.6 Å². The van der Waals surface area contributed by atoms with E-state index in [0.717, 1.165) is 19.4 Å². The number of rotatable bonds is 7. The van der Waals surface area contributed by atoms with E-state index in [1.54, 1.807) is 0 Å². The van der Waals surface area contributed by atoms with Crippen LogP contribution >= 0.6 is 0 Å². The van der Waals surface area contributed by atoms with Crippen LogP contribution in [0.2, 0.25) is 0 Å². The largest absolute Gasteiger partial charge is 0.314 e. The van der Waals surface area contributed by atoms with Gasteiger partial charge in [-0.25, -0.2) is 0 Å². The fourth-order valence-corrected chi connectivity index (χ4v) is 2.01. The summed E-state index contributed by atoms with van der Waals surface area (Å²) in [5, 5.41) is 3.54. The van der Waals surface area contributed by atoms with Gasteiger partial charge in [-0.05, 0) is 38.3 Å². The van der Waals surface area contributed by atoms with Crippen molar-refractivity contribution in [3.8, 4) is 0 Å². The van der Waals surface area contributed by atoms with Crippen LogP contribution in [0.4, 0.5) is 0 Å². The molecule has 1 atom stereocenters. The topological polar surface area (TPSA) is 12.0 Å². The molecule has 1 rings (SSSR count). The second-order valence-electron chi connectivity index (χ2n) is 4.31. The lowest BCUT2D eigenvalue weighted by atomic mass is 10.0. The summed E-state index contributed by atoms with van der Waals surface area (Å²) < 4.78 is 0. The Morgan fingerprint density at radius 3 is 2.88 bits per heavy atom. The quantitative estimate of drug-likeness (QED) is 0.689. The van der Waals surface area contributed by atoms with Gasteiger partial charge in [-0.1, -0.05) is 42.8 Å². The first kappa shape index (κ1) is 13.0. The second-order valence-corrected chi connectivity index (χ2v) is 4.31. The number of aryl methyl sites for hydroxylation is 1. The van der Waals surface area contributed by atoms with Crippen molar-refractivity contribution in [2.24, 2.45) is 0 Å². The minimum atomic E-state index is 0.574. The summed E-state index contributed by atoms with van der Waals surface area (Å²) >= 11 is 0. The maximum Gasteiger partial charge on any atom is 0.0110 e. The lowest BCUT2D eigenvalue weighted by Crippen LogP contribution is -2.30. The molecule has 1 N–H and O–H groups in total. The molecule has 0 aliphatic carbocycles. The highest BCUT2D eigenvalue weighted by Crippen LogP contribution is 2.10. The summed E-state index contributed by atoms with van der Waals surface area (Å²) in [7, 11) is 0. The number of hydrogen-bond acceptors (Lipinski definition) is 1. The maximum absolute atomic E-state index is 3.79. The number of likely N-dealkylation sites (N-methyl/N-ethyl adjacent to an activating group) is 1. The van der Waals surface area contributed by atoms with E-state index >= 15 is 0 Å². The Balaban J connectivity index is 2.56. The average Bonchev–Trinajstić information content (AvgIpc) is 2.26. The number of allylic oxidation sites excluding steroid dienone is 1. The zero-order valence-corrected chi connectivity index (χ0v) is 10.5. The van der Waals surface area contributed by atoms with E-state index in [2.05, 4.69) is 50.0 Å². The second kappa shape index (κ2) is 7.24. The highest BCUT2D eigenvalue weighted by Gasteiger charge is 2.07. The fraction of sp³-hybridized carbons (Fsp3) is 0.467. The van der Waals surface area contributed by atoms with E-state index in [0.29, 0.717) is 6.04 Å². The van der Waals surface area contributed by atoms with Crippen LogP contribution in [0.5, 0.6) is 0 Å². The van der Waals surface area contributed by atoms with E-state index in [1.165, 1.54) is 17.5 Å². The number of hydrogen-bond donors (Lipinski definition) is 1. The summed E-state index contributed by atoms with van der Waals surface area (Å²) in [6.45, 7) is 9.13. The molecule has 0 aromatic heterocycles. The molecular weight excluding hydrogens is 194 g/mol. The van der Waals surface area contributed by atoms with Crippen molar-refractivity contribution < 1.29 is 0 Å². The molecule has 0 saturated heterocycles. The Hall–Kier alpha value is -1.08. The van der Waals surface area contributed by atoms with Crippen molar-refractivity contribution in [3.63, 3.8) is 0 Å². The SMILES string of the molecule is C=CCCC(Cc1cccc(C)c1)NCC. The third kappa shape index (κ3) is 4.63. The minimum Gasteiger partial charge on any atom is -0.314 e. The molecule has 0 amide bonds. The van der Waals surface area contributed by atoms with Crippen LogP contribution in [0.25, 0.3) is 0 Å². The van der Waals surface area contributed by atoms with Crippen LogP contribution in [0.3, 0.4) is 0 Å². The Labute approximate surface area is 99.6 Å². The van der Waals surface area contributed by atoms with E-state index in [4.69, 9.17) is 0 Å². The van der Waals surface area contributed by atoms with Gasteiger partial charge in [-0.15, -0.1) is 6.58 Å². The molecule has 16 heavy (non-hydrogen) atoms. The van der Waals surface area contributed by atoms with Crippen LogP contribution in [-0.2, 0) is 6.42 Å². The van der Waals surface area contributed by atoms with E-state index < -0.39 is 0 Å². The summed E-state index contributed by atoms with van der Waals surface area (Å²) in [5.41, 5.74) is 2.77. The van der Waals surface area contributed by atoms with Gasteiger partial charge in [0, 0.05) is 6.04 Å². The van der Waals surface area contributed by atoms with Gasteiger partial charge in [0.1, 0.15) is 0 Å². The van der Waals surface area contributed by atoms with Gasteiger partial charge in [0.05, 0.1) is 0 Å². The van der Waals surface area contributed by atoms with Crippen molar-refractivity contribution in [1.29, 1.82) is 0 Å². The normalized spacial score (nSPS) is 12.4.